The minimum absolute atomic E-state index is 0. The summed E-state index contributed by atoms with van der Waals surface area (Å²) in [6, 6.07) is 4.06. The molecule has 1 nitrogen and oxygen atoms in total. The van der Waals surface area contributed by atoms with Crippen LogP contribution in [0.15, 0.2) is 24.5 Å². The van der Waals surface area contributed by atoms with Gasteiger partial charge in [-0.05, 0) is 24.1 Å². The third kappa shape index (κ3) is 11.2. The maximum Gasteiger partial charge on any atom is 0.0270 e. The molecule has 0 aromatic carbocycles. The van der Waals surface area contributed by atoms with Gasteiger partial charge in [-0.15, -0.1) is 0 Å². The molecule has 1 aromatic rings. The van der Waals surface area contributed by atoms with Crippen LogP contribution < -0.4 is 0 Å². The Labute approximate surface area is 85.2 Å². The number of hydrogen-bond donors (Lipinski definition) is 0. The van der Waals surface area contributed by atoms with Crippen LogP contribution in [0.25, 0.3) is 0 Å². The standard InChI is InChI=1S/C7H9N.C3H8.CH4.B/c1-2-7-3-5-8-6-4-7;1-3-2;;/h3-6H,2H2,1H3;3H2,1-2H3;1H4;. The van der Waals surface area contributed by atoms with Crippen molar-refractivity contribution >= 4 is 8.41 Å². The van der Waals surface area contributed by atoms with Crippen molar-refractivity contribution in [2.45, 2.75) is 41.0 Å². The van der Waals surface area contributed by atoms with Gasteiger partial charge in [-0.3, -0.25) is 4.98 Å². The third-order valence-corrected chi connectivity index (χ3v) is 1.16. The van der Waals surface area contributed by atoms with Crippen molar-refractivity contribution in [3.8, 4) is 0 Å². The van der Waals surface area contributed by atoms with Crippen molar-refractivity contribution in [3.63, 3.8) is 0 Å². The molecule has 0 aliphatic rings. The van der Waals surface area contributed by atoms with E-state index in [0.29, 0.717) is 0 Å². The topological polar surface area (TPSA) is 12.9 Å². The molecule has 0 atom stereocenters. The van der Waals surface area contributed by atoms with Gasteiger partial charge in [0, 0.05) is 20.8 Å². The minimum Gasteiger partial charge on any atom is -0.265 e. The summed E-state index contributed by atoms with van der Waals surface area (Å²) in [6.07, 6.45) is 5.99. The van der Waals surface area contributed by atoms with Crippen LogP contribution in [0.4, 0.5) is 0 Å². The Morgan fingerprint density at radius 1 is 1.08 bits per heavy atom. The van der Waals surface area contributed by atoms with Crippen molar-refractivity contribution in [2.75, 3.05) is 0 Å². The van der Waals surface area contributed by atoms with Crippen LogP contribution in [-0.4, -0.2) is 13.4 Å². The van der Waals surface area contributed by atoms with E-state index >= 15 is 0 Å². The summed E-state index contributed by atoms with van der Waals surface area (Å²) in [5.41, 5.74) is 1.35. The summed E-state index contributed by atoms with van der Waals surface area (Å²) < 4.78 is 0. The van der Waals surface area contributed by atoms with Crippen molar-refractivity contribution in [3.05, 3.63) is 30.1 Å². The highest BCUT2D eigenvalue weighted by Crippen LogP contribution is 1.94. The van der Waals surface area contributed by atoms with Crippen LogP contribution in [0.5, 0.6) is 0 Å². The number of aromatic nitrogens is 1. The molecule has 0 bridgehead atoms. The Morgan fingerprint density at radius 2 is 1.46 bits per heavy atom. The Morgan fingerprint density at radius 3 is 1.69 bits per heavy atom. The van der Waals surface area contributed by atoms with Gasteiger partial charge in [0.05, 0.1) is 0 Å². The van der Waals surface area contributed by atoms with E-state index < -0.39 is 0 Å². The van der Waals surface area contributed by atoms with Crippen LogP contribution in [0.1, 0.15) is 40.2 Å². The van der Waals surface area contributed by atoms with Crippen LogP contribution in [-0.2, 0) is 6.42 Å². The number of aryl methyl sites for hydroxylation is 1. The molecule has 1 rings (SSSR count). The summed E-state index contributed by atoms with van der Waals surface area (Å²) >= 11 is 0. The minimum atomic E-state index is 0. The zero-order valence-corrected chi connectivity index (χ0v) is 8.25. The summed E-state index contributed by atoms with van der Waals surface area (Å²) in [5, 5.41) is 0. The van der Waals surface area contributed by atoms with Gasteiger partial charge in [-0.2, -0.15) is 0 Å². The molecule has 0 unspecified atom stereocenters. The first-order valence-corrected chi connectivity index (χ1v) is 4.24. The molecule has 0 aliphatic heterocycles. The van der Waals surface area contributed by atoms with Gasteiger partial charge in [0.1, 0.15) is 0 Å². The number of hydrogen-bond acceptors (Lipinski definition) is 1. The second kappa shape index (κ2) is 13.8. The maximum atomic E-state index is 3.89. The lowest BCUT2D eigenvalue weighted by atomic mass is 10.2. The zero-order valence-electron chi connectivity index (χ0n) is 8.25. The summed E-state index contributed by atoms with van der Waals surface area (Å²) in [4.78, 5) is 3.89. The van der Waals surface area contributed by atoms with Gasteiger partial charge in [-0.1, -0.05) is 34.6 Å². The average Bonchev–Trinajstić information content (AvgIpc) is 2.08. The van der Waals surface area contributed by atoms with Gasteiger partial charge < -0.3 is 0 Å². The van der Waals surface area contributed by atoms with Gasteiger partial charge in [0.25, 0.3) is 0 Å². The SMILES string of the molecule is C.CCC.CCc1ccncc1.[B]. The Kier molecular flexibility index (Phi) is 19.2. The first kappa shape index (κ1) is 18.1. The molecule has 0 saturated carbocycles. The predicted octanol–water partition coefficient (Wildman–Crippen LogP) is 3.32. The molecule has 13 heavy (non-hydrogen) atoms. The van der Waals surface area contributed by atoms with Crippen LogP contribution in [0.3, 0.4) is 0 Å². The Hall–Kier alpha value is -0.785. The van der Waals surface area contributed by atoms with Crippen molar-refractivity contribution < 1.29 is 0 Å². The van der Waals surface area contributed by atoms with Crippen molar-refractivity contribution in [1.29, 1.82) is 0 Å². The van der Waals surface area contributed by atoms with Gasteiger partial charge in [0.15, 0.2) is 0 Å². The lowest BCUT2D eigenvalue weighted by Crippen LogP contribution is -1.76. The van der Waals surface area contributed by atoms with E-state index in [2.05, 4.69) is 25.8 Å². The van der Waals surface area contributed by atoms with E-state index in [9.17, 15) is 0 Å². The molecule has 0 N–H and O–H groups in total. The monoisotopic (exact) mass is 178 g/mol. The first-order chi connectivity index (χ1) is 5.35. The second-order valence-corrected chi connectivity index (χ2v) is 2.42. The van der Waals surface area contributed by atoms with Gasteiger partial charge >= 0.3 is 0 Å². The van der Waals surface area contributed by atoms with Crippen LogP contribution in [0, 0.1) is 0 Å². The van der Waals surface area contributed by atoms with Crippen molar-refractivity contribution in [2.24, 2.45) is 0 Å². The van der Waals surface area contributed by atoms with Crippen LogP contribution >= 0.6 is 0 Å². The van der Waals surface area contributed by atoms with Gasteiger partial charge in [0.2, 0.25) is 0 Å². The van der Waals surface area contributed by atoms with E-state index in [1.54, 1.807) is 0 Å². The number of pyridine rings is 1. The molecular formula is C11H21BN. The average molecular weight is 178 g/mol. The van der Waals surface area contributed by atoms with E-state index in [-0.39, 0.29) is 15.8 Å². The van der Waals surface area contributed by atoms with Gasteiger partial charge in [-0.25, -0.2) is 0 Å². The highest BCUT2D eigenvalue weighted by molar-refractivity contribution is 5.75. The molecule has 2 heteroatoms. The fourth-order valence-electron chi connectivity index (χ4n) is 0.618. The molecule has 3 radical (unpaired) electrons. The Balaban J connectivity index is -0.000000180. The maximum absolute atomic E-state index is 3.89. The molecular weight excluding hydrogens is 157 g/mol. The summed E-state index contributed by atoms with van der Waals surface area (Å²) in [6.45, 7) is 6.38. The quantitative estimate of drug-likeness (QED) is 0.601. The molecule has 0 saturated heterocycles. The largest absolute Gasteiger partial charge is 0.265 e. The highest BCUT2D eigenvalue weighted by Gasteiger charge is 1.80. The first-order valence-electron chi connectivity index (χ1n) is 4.24. The van der Waals surface area contributed by atoms with Crippen LogP contribution in [0.2, 0.25) is 0 Å². The lowest BCUT2D eigenvalue weighted by Gasteiger charge is -1.89. The lowest BCUT2D eigenvalue weighted by molar-refractivity contribution is 1.09. The number of rotatable bonds is 1. The van der Waals surface area contributed by atoms with E-state index in [0.717, 1.165) is 6.42 Å². The summed E-state index contributed by atoms with van der Waals surface area (Å²) in [5.74, 6) is 0. The molecule has 1 heterocycles. The summed E-state index contributed by atoms with van der Waals surface area (Å²) in [7, 11) is 0. The van der Waals surface area contributed by atoms with E-state index in [1.165, 1.54) is 12.0 Å². The van der Waals surface area contributed by atoms with Crippen molar-refractivity contribution in [1.82, 2.24) is 4.98 Å². The molecule has 73 valence electrons. The number of nitrogens with zero attached hydrogens (tertiary/aromatic N) is 1. The normalized spacial score (nSPS) is 7.00. The highest BCUT2D eigenvalue weighted by atomic mass is 14.6. The molecule has 0 spiro atoms. The second-order valence-electron chi connectivity index (χ2n) is 2.42. The molecule has 0 aliphatic carbocycles. The smallest absolute Gasteiger partial charge is 0.0270 e. The fourth-order valence-corrected chi connectivity index (χ4v) is 0.618. The molecule has 1 aromatic heterocycles. The Bertz CT molecular complexity index is 163. The van der Waals surface area contributed by atoms with E-state index in [1.807, 2.05) is 24.5 Å². The predicted molar refractivity (Wildman–Crippen MR) is 62.1 cm³/mol. The molecule has 0 amide bonds. The molecule has 0 fully saturated rings. The zero-order chi connectivity index (χ0) is 8.53. The van der Waals surface area contributed by atoms with E-state index in [4.69, 9.17) is 0 Å². The third-order valence-electron chi connectivity index (χ3n) is 1.16. The fraction of sp³-hybridized carbons (Fsp3) is 0.545.